The van der Waals surface area contributed by atoms with Crippen molar-refractivity contribution in [1.29, 1.82) is 0 Å². The van der Waals surface area contributed by atoms with Crippen molar-refractivity contribution >= 4 is 27.3 Å². The molecule has 1 amide bonds. The first-order valence-electron chi connectivity index (χ1n) is 6.58. The monoisotopic (exact) mass is 341 g/mol. The van der Waals surface area contributed by atoms with Gasteiger partial charge >= 0.3 is 0 Å². The van der Waals surface area contributed by atoms with Gasteiger partial charge in [-0.2, -0.15) is 0 Å². The summed E-state index contributed by atoms with van der Waals surface area (Å²) in [4.78, 5) is 13.6. The summed E-state index contributed by atoms with van der Waals surface area (Å²) in [6.07, 6.45) is 1.51. The molecule has 1 atom stereocenters. The van der Waals surface area contributed by atoms with E-state index in [0.29, 0.717) is 10.8 Å². The van der Waals surface area contributed by atoms with Gasteiger partial charge in [0.25, 0.3) is 0 Å². The molecule has 5 nitrogen and oxygen atoms in total. The molecule has 1 unspecified atom stereocenters. The first kappa shape index (κ1) is 16.6. The van der Waals surface area contributed by atoms with Crippen LogP contribution in [0.2, 0.25) is 5.02 Å². The number of benzene rings is 1. The normalized spacial score (nSPS) is 12.9. The number of carbonyl (C=O) groups excluding carboxylic acids is 1. The van der Waals surface area contributed by atoms with E-state index < -0.39 is 21.5 Å². The van der Waals surface area contributed by atoms with Crippen LogP contribution in [0.1, 0.15) is 18.7 Å². The Labute approximate surface area is 134 Å². The van der Waals surface area contributed by atoms with Gasteiger partial charge in [0.2, 0.25) is 5.91 Å². The minimum absolute atomic E-state index is 0.0734. The predicted molar refractivity (Wildman–Crippen MR) is 83.4 cm³/mol. The minimum Gasteiger partial charge on any atom is -0.467 e. The first-order valence-corrected chi connectivity index (χ1v) is 8.61. The van der Waals surface area contributed by atoms with E-state index in [0.717, 1.165) is 0 Å². The molecular weight excluding hydrogens is 326 g/mol. The van der Waals surface area contributed by atoms with Crippen molar-refractivity contribution in [2.75, 3.05) is 12.8 Å². The number of carbonyl (C=O) groups is 1. The van der Waals surface area contributed by atoms with Gasteiger partial charge < -0.3 is 9.32 Å². The second-order valence-electron chi connectivity index (χ2n) is 4.91. The molecule has 1 aromatic heterocycles. The van der Waals surface area contributed by atoms with Gasteiger partial charge in [0.05, 0.1) is 17.2 Å². The van der Waals surface area contributed by atoms with E-state index in [1.807, 2.05) is 0 Å². The SMILES string of the molecule is CC(c1ccco1)N(C)C(=O)CS(=O)(=O)c1ccc(Cl)cc1. The Morgan fingerprint density at radius 2 is 1.91 bits per heavy atom. The number of furan rings is 1. The fourth-order valence-corrected chi connectivity index (χ4v) is 3.30. The summed E-state index contributed by atoms with van der Waals surface area (Å²) in [5, 5.41) is 0.439. The molecule has 0 aliphatic carbocycles. The number of hydrogen-bond donors (Lipinski definition) is 0. The lowest BCUT2D eigenvalue weighted by molar-refractivity contribution is -0.129. The summed E-state index contributed by atoms with van der Waals surface area (Å²) in [5.41, 5.74) is 0. The first-order chi connectivity index (χ1) is 10.3. The van der Waals surface area contributed by atoms with Gasteiger partial charge in [0.15, 0.2) is 9.84 Å². The summed E-state index contributed by atoms with van der Waals surface area (Å²) >= 11 is 5.74. The molecule has 7 heteroatoms. The Bertz CT molecular complexity index is 738. The van der Waals surface area contributed by atoms with Crippen LogP contribution in [0.15, 0.2) is 52.0 Å². The molecular formula is C15H16ClNO4S. The molecule has 0 bridgehead atoms. The molecule has 118 valence electrons. The van der Waals surface area contributed by atoms with Gasteiger partial charge in [-0.05, 0) is 43.3 Å². The Morgan fingerprint density at radius 3 is 2.45 bits per heavy atom. The number of rotatable bonds is 5. The molecule has 0 saturated heterocycles. The standard InChI is InChI=1S/C15H16ClNO4S/c1-11(14-4-3-9-21-14)17(2)15(18)10-22(19,20)13-7-5-12(16)6-8-13/h3-9,11H,10H2,1-2H3. The van der Waals surface area contributed by atoms with Crippen LogP contribution in [0.3, 0.4) is 0 Å². The minimum atomic E-state index is -3.70. The van der Waals surface area contributed by atoms with E-state index in [4.69, 9.17) is 16.0 Å². The Morgan fingerprint density at radius 1 is 1.27 bits per heavy atom. The van der Waals surface area contributed by atoms with Crippen molar-refractivity contribution < 1.29 is 17.6 Å². The fraction of sp³-hybridized carbons (Fsp3) is 0.267. The van der Waals surface area contributed by atoms with Gasteiger partial charge in [-0.25, -0.2) is 8.42 Å². The average Bonchev–Trinajstić information content (AvgIpc) is 2.99. The van der Waals surface area contributed by atoms with E-state index in [9.17, 15) is 13.2 Å². The third-order valence-electron chi connectivity index (χ3n) is 3.42. The number of hydrogen-bond acceptors (Lipinski definition) is 4. The zero-order valence-electron chi connectivity index (χ0n) is 12.2. The molecule has 0 N–H and O–H groups in total. The van der Waals surface area contributed by atoms with Crippen LogP contribution in [0, 0.1) is 0 Å². The Balaban J connectivity index is 2.12. The molecule has 0 aliphatic rings. The molecule has 0 aliphatic heterocycles. The number of nitrogens with zero attached hydrogens (tertiary/aromatic N) is 1. The highest BCUT2D eigenvalue weighted by Gasteiger charge is 2.25. The summed E-state index contributed by atoms with van der Waals surface area (Å²) in [5.74, 6) is -0.505. The lowest BCUT2D eigenvalue weighted by Crippen LogP contribution is -2.34. The topological polar surface area (TPSA) is 67.6 Å². The predicted octanol–water partition coefficient (Wildman–Crippen LogP) is 2.93. The van der Waals surface area contributed by atoms with Crippen molar-refractivity contribution in [3.05, 3.63) is 53.4 Å². The highest BCUT2D eigenvalue weighted by Crippen LogP contribution is 2.21. The second kappa shape index (κ2) is 6.54. The van der Waals surface area contributed by atoms with Crippen molar-refractivity contribution in [2.45, 2.75) is 17.9 Å². The zero-order valence-corrected chi connectivity index (χ0v) is 13.8. The lowest BCUT2D eigenvalue weighted by Gasteiger charge is -2.23. The van der Waals surface area contributed by atoms with Crippen molar-refractivity contribution in [3.8, 4) is 0 Å². The second-order valence-corrected chi connectivity index (χ2v) is 7.34. The van der Waals surface area contributed by atoms with Crippen molar-refractivity contribution in [3.63, 3.8) is 0 Å². The van der Waals surface area contributed by atoms with E-state index in [2.05, 4.69) is 0 Å². The largest absolute Gasteiger partial charge is 0.467 e. The maximum atomic E-state index is 12.3. The van der Waals surface area contributed by atoms with Gasteiger partial charge in [-0.3, -0.25) is 4.79 Å². The van der Waals surface area contributed by atoms with Crippen LogP contribution in [-0.2, 0) is 14.6 Å². The molecule has 0 radical (unpaired) electrons. The molecule has 22 heavy (non-hydrogen) atoms. The van der Waals surface area contributed by atoms with Crippen LogP contribution in [-0.4, -0.2) is 32.0 Å². The van der Waals surface area contributed by atoms with Gasteiger partial charge in [0, 0.05) is 12.1 Å². The number of halogens is 1. The van der Waals surface area contributed by atoms with E-state index in [1.165, 1.54) is 35.4 Å². The molecule has 1 aromatic carbocycles. The molecule has 0 spiro atoms. The van der Waals surface area contributed by atoms with E-state index in [1.54, 1.807) is 26.1 Å². The average molecular weight is 342 g/mol. The summed E-state index contributed by atoms with van der Waals surface area (Å²) < 4.78 is 29.7. The summed E-state index contributed by atoms with van der Waals surface area (Å²) in [6, 6.07) is 8.85. The Kier molecular flexibility index (Phi) is 4.93. The summed E-state index contributed by atoms with van der Waals surface area (Å²) in [6.45, 7) is 1.77. The highest BCUT2D eigenvalue weighted by molar-refractivity contribution is 7.92. The third-order valence-corrected chi connectivity index (χ3v) is 5.28. The fourth-order valence-electron chi connectivity index (χ4n) is 1.93. The van der Waals surface area contributed by atoms with Gasteiger partial charge in [-0.1, -0.05) is 11.6 Å². The lowest BCUT2D eigenvalue weighted by atomic mass is 10.2. The number of sulfone groups is 1. The van der Waals surface area contributed by atoms with Crippen LogP contribution in [0.4, 0.5) is 0 Å². The van der Waals surface area contributed by atoms with Crippen LogP contribution >= 0.6 is 11.6 Å². The van der Waals surface area contributed by atoms with Gasteiger partial charge in [0.1, 0.15) is 11.5 Å². The number of amides is 1. The van der Waals surface area contributed by atoms with E-state index >= 15 is 0 Å². The zero-order chi connectivity index (χ0) is 16.3. The Hall–Kier alpha value is -1.79. The molecule has 0 fully saturated rings. The smallest absolute Gasteiger partial charge is 0.238 e. The van der Waals surface area contributed by atoms with Gasteiger partial charge in [-0.15, -0.1) is 0 Å². The molecule has 2 rings (SSSR count). The van der Waals surface area contributed by atoms with E-state index in [-0.39, 0.29) is 10.9 Å². The van der Waals surface area contributed by atoms with Crippen LogP contribution < -0.4 is 0 Å². The van der Waals surface area contributed by atoms with Crippen LogP contribution in [0.25, 0.3) is 0 Å². The van der Waals surface area contributed by atoms with Crippen LogP contribution in [0.5, 0.6) is 0 Å². The maximum absolute atomic E-state index is 12.3. The van der Waals surface area contributed by atoms with Crippen molar-refractivity contribution in [2.24, 2.45) is 0 Å². The summed E-state index contributed by atoms with van der Waals surface area (Å²) in [7, 11) is -2.16. The quantitative estimate of drug-likeness (QED) is 0.838. The van der Waals surface area contributed by atoms with Crippen molar-refractivity contribution in [1.82, 2.24) is 4.90 Å². The highest BCUT2D eigenvalue weighted by atomic mass is 35.5. The maximum Gasteiger partial charge on any atom is 0.238 e. The third kappa shape index (κ3) is 3.69. The molecule has 1 heterocycles. The molecule has 0 saturated carbocycles. The molecule has 2 aromatic rings.